The van der Waals surface area contributed by atoms with Gasteiger partial charge in [-0.3, -0.25) is 9.59 Å². The molecule has 2 aromatic rings. The van der Waals surface area contributed by atoms with Gasteiger partial charge in [0.05, 0.1) is 5.92 Å². The third-order valence-electron chi connectivity index (χ3n) is 5.50. The summed E-state index contributed by atoms with van der Waals surface area (Å²) in [6.07, 6.45) is 1.15. The van der Waals surface area contributed by atoms with Crippen molar-refractivity contribution in [3.05, 3.63) is 63.6 Å². The van der Waals surface area contributed by atoms with Crippen molar-refractivity contribution in [2.75, 3.05) is 30.3 Å². The SMILES string of the molecule is O=C(C1CC(=O)N(c2cccc(Br)c2)C1)N1CCSC(c2ccccc2Cl)CC1. The summed E-state index contributed by atoms with van der Waals surface area (Å²) in [5.74, 6) is 0.705. The summed E-state index contributed by atoms with van der Waals surface area (Å²) in [6.45, 7) is 1.86. The van der Waals surface area contributed by atoms with Gasteiger partial charge in [-0.25, -0.2) is 0 Å². The summed E-state index contributed by atoms with van der Waals surface area (Å²) >= 11 is 11.7. The minimum atomic E-state index is -0.275. The van der Waals surface area contributed by atoms with Gasteiger partial charge in [0.2, 0.25) is 11.8 Å². The molecule has 0 radical (unpaired) electrons. The predicted octanol–water partition coefficient (Wildman–Crippen LogP) is 5.16. The van der Waals surface area contributed by atoms with Crippen LogP contribution in [0.15, 0.2) is 53.0 Å². The number of hydrogen-bond donors (Lipinski definition) is 0. The molecule has 0 aromatic heterocycles. The second-order valence-corrected chi connectivity index (χ2v) is 10.0. The van der Waals surface area contributed by atoms with E-state index in [2.05, 4.69) is 22.0 Å². The van der Waals surface area contributed by atoms with Crippen molar-refractivity contribution < 1.29 is 9.59 Å². The summed E-state index contributed by atoms with van der Waals surface area (Å²) in [4.78, 5) is 29.4. The van der Waals surface area contributed by atoms with Crippen LogP contribution in [0.4, 0.5) is 5.69 Å². The lowest BCUT2D eigenvalue weighted by Crippen LogP contribution is -2.38. The minimum absolute atomic E-state index is 0.0135. The Morgan fingerprint density at radius 2 is 1.97 bits per heavy atom. The summed E-state index contributed by atoms with van der Waals surface area (Å²) in [6, 6.07) is 15.6. The third-order valence-corrected chi connectivity index (χ3v) is 7.65. The number of anilines is 1. The molecular formula is C22H22BrClN2O2S. The molecule has 2 saturated heterocycles. The van der Waals surface area contributed by atoms with Gasteiger partial charge in [0.15, 0.2) is 0 Å². The lowest BCUT2D eigenvalue weighted by atomic mass is 10.1. The summed E-state index contributed by atoms with van der Waals surface area (Å²) in [5, 5.41) is 1.08. The molecule has 4 nitrogen and oxygen atoms in total. The maximum atomic E-state index is 13.2. The average Bonchev–Trinajstić information content (AvgIpc) is 2.94. The maximum Gasteiger partial charge on any atom is 0.228 e. The van der Waals surface area contributed by atoms with Crippen molar-refractivity contribution in [1.82, 2.24) is 4.90 Å². The van der Waals surface area contributed by atoms with Crippen LogP contribution in [-0.4, -0.2) is 42.1 Å². The second kappa shape index (κ2) is 9.11. The Balaban J connectivity index is 1.41. The van der Waals surface area contributed by atoms with Crippen LogP contribution in [0.5, 0.6) is 0 Å². The molecule has 2 fully saturated rings. The molecule has 2 atom stereocenters. The monoisotopic (exact) mass is 492 g/mol. The second-order valence-electron chi connectivity index (χ2n) is 7.38. The van der Waals surface area contributed by atoms with Crippen LogP contribution < -0.4 is 4.90 Å². The number of carbonyl (C=O) groups excluding carboxylic acids is 2. The van der Waals surface area contributed by atoms with Gasteiger partial charge in [-0.05, 0) is 36.2 Å². The first kappa shape index (κ1) is 20.8. The van der Waals surface area contributed by atoms with Gasteiger partial charge in [-0.15, -0.1) is 0 Å². The Morgan fingerprint density at radius 3 is 2.76 bits per heavy atom. The topological polar surface area (TPSA) is 40.6 Å². The first-order valence-corrected chi connectivity index (χ1v) is 12.0. The molecule has 0 saturated carbocycles. The van der Waals surface area contributed by atoms with Gasteiger partial charge in [0.25, 0.3) is 0 Å². The van der Waals surface area contributed by atoms with Crippen LogP contribution in [0.1, 0.15) is 23.7 Å². The van der Waals surface area contributed by atoms with Gasteiger partial charge < -0.3 is 9.80 Å². The molecule has 2 heterocycles. The molecule has 0 N–H and O–H groups in total. The zero-order valence-electron chi connectivity index (χ0n) is 15.9. The normalized spacial score (nSPS) is 22.6. The number of benzene rings is 2. The van der Waals surface area contributed by atoms with E-state index in [-0.39, 0.29) is 24.2 Å². The zero-order chi connectivity index (χ0) is 20.4. The predicted molar refractivity (Wildman–Crippen MR) is 122 cm³/mol. The number of amides is 2. The molecule has 4 rings (SSSR count). The first-order chi connectivity index (χ1) is 14.0. The van der Waals surface area contributed by atoms with Crippen LogP contribution in [0, 0.1) is 5.92 Å². The highest BCUT2D eigenvalue weighted by molar-refractivity contribution is 9.10. The van der Waals surface area contributed by atoms with Crippen LogP contribution in [0.2, 0.25) is 5.02 Å². The van der Waals surface area contributed by atoms with E-state index in [4.69, 9.17) is 11.6 Å². The van der Waals surface area contributed by atoms with Crippen molar-refractivity contribution in [1.29, 1.82) is 0 Å². The fourth-order valence-corrected chi connectivity index (χ4v) is 5.99. The lowest BCUT2D eigenvalue weighted by molar-refractivity contribution is -0.135. The number of thioether (sulfide) groups is 1. The van der Waals surface area contributed by atoms with Crippen LogP contribution in [0.3, 0.4) is 0 Å². The van der Waals surface area contributed by atoms with Crippen molar-refractivity contribution in [3.8, 4) is 0 Å². The molecule has 2 amide bonds. The van der Waals surface area contributed by atoms with E-state index in [0.717, 1.165) is 32.9 Å². The Bertz CT molecular complexity index is 925. The average molecular weight is 494 g/mol. The summed E-state index contributed by atoms with van der Waals surface area (Å²) < 4.78 is 0.924. The smallest absolute Gasteiger partial charge is 0.228 e. The number of nitrogens with zero attached hydrogens (tertiary/aromatic N) is 2. The van der Waals surface area contributed by atoms with E-state index in [1.807, 2.05) is 59.1 Å². The Morgan fingerprint density at radius 1 is 1.14 bits per heavy atom. The summed E-state index contributed by atoms with van der Waals surface area (Å²) in [5.41, 5.74) is 1.98. The molecule has 2 unspecified atom stereocenters. The molecule has 29 heavy (non-hydrogen) atoms. The fraction of sp³-hybridized carbons (Fsp3) is 0.364. The standard InChI is InChI=1S/C22H22BrClN2O2S/c23-16-4-3-5-17(13-16)26-14-15(12-21(26)27)22(28)25-9-8-20(29-11-10-25)18-6-1-2-7-19(18)24/h1-7,13,15,20H,8-12,14H2. The first-order valence-electron chi connectivity index (χ1n) is 9.73. The van der Waals surface area contributed by atoms with Crippen molar-refractivity contribution in [2.24, 2.45) is 5.92 Å². The van der Waals surface area contributed by atoms with Gasteiger partial charge in [0, 0.05) is 52.2 Å². The molecule has 2 aliphatic heterocycles. The Kier molecular flexibility index (Phi) is 6.52. The van der Waals surface area contributed by atoms with Crippen molar-refractivity contribution >= 4 is 56.8 Å². The van der Waals surface area contributed by atoms with Gasteiger partial charge in [-0.2, -0.15) is 11.8 Å². The minimum Gasteiger partial charge on any atom is -0.342 e. The van der Waals surface area contributed by atoms with E-state index >= 15 is 0 Å². The van der Waals surface area contributed by atoms with E-state index < -0.39 is 0 Å². The quantitative estimate of drug-likeness (QED) is 0.593. The largest absolute Gasteiger partial charge is 0.342 e. The van der Waals surface area contributed by atoms with Crippen LogP contribution >= 0.6 is 39.3 Å². The lowest BCUT2D eigenvalue weighted by Gasteiger charge is -2.24. The van der Waals surface area contributed by atoms with Gasteiger partial charge in [-0.1, -0.05) is 51.8 Å². The zero-order valence-corrected chi connectivity index (χ0v) is 19.0. The van der Waals surface area contributed by atoms with Crippen LogP contribution in [0.25, 0.3) is 0 Å². The van der Waals surface area contributed by atoms with Gasteiger partial charge >= 0.3 is 0 Å². The Hall–Kier alpha value is -1.50. The molecule has 0 bridgehead atoms. The van der Waals surface area contributed by atoms with Gasteiger partial charge in [0.1, 0.15) is 0 Å². The Labute approximate surface area is 188 Å². The number of rotatable bonds is 3. The highest BCUT2D eigenvalue weighted by Gasteiger charge is 2.37. The fourth-order valence-electron chi connectivity index (χ4n) is 4.00. The van der Waals surface area contributed by atoms with E-state index in [9.17, 15) is 9.59 Å². The highest BCUT2D eigenvalue weighted by atomic mass is 79.9. The third kappa shape index (κ3) is 4.65. The molecule has 7 heteroatoms. The molecule has 0 spiro atoms. The highest BCUT2D eigenvalue weighted by Crippen LogP contribution is 2.38. The van der Waals surface area contributed by atoms with E-state index in [0.29, 0.717) is 24.9 Å². The van der Waals surface area contributed by atoms with E-state index in [1.165, 1.54) is 0 Å². The van der Waals surface area contributed by atoms with Crippen LogP contribution in [-0.2, 0) is 9.59 Å². The summed E-state index contributed by atoms with van der Waals surface area (Å²) in [7, 11) is 0. The molecular weight excluding hydrogens is 472 g/mol. The number of carbonyl (C=O) groups is 2. The van der Waals surface area contributed by atoms with Crippen molar-refractivity contribution in [3.63, 3.8) is 0 Å². The molecule has 2 aliphatic rings. The molecule has 2 aromatic carbocycles. The van der Waals surface area contributed by atoms with Crippen molar-refractivity contribution in [2.45, 2.75) is 18.1 Å². The molecule has 152 valence electrons. The number of hydrogen-bond acceptors (Lipinski definition) is 3. The number of halogens is 2. The molecule has 0 aliphatic carbocycles. The maximum absolute atomic E-state index is 13.2. The van der Waals surface area contributed by atoms with E-state index in [1.54, 1.807) is 4.90 Å².